The number of carboxylic acids is 1. The number of hydrogen-bond acceptors (Lipinski definition) is 11. The smallest absolute Gasteiger partial charge is 0.335 e. The number of carbonyl (C=O) groups is 1. The summed E-state index contributed by atoms with van der Waals surface area (Å²) >= 11 is 0. The number of ether oxygens (including phenoxy) is 2. The standard InChI is InChI=1S/C21H18O12/c22-8-3-1-7(2-4-8)11-5-9(23)13-10(24)6-12(14(25)18(13)31-11)32-21-17(28)15(26)16(27)19(33-21)20(29)30/h1-6,15-17,19,21-22,24-28H,(H,29,30)/t15-,16-,17+,19-,21+/m0/s1. The van der Waals surface area contributed by atoms with Gasteiger partial charge in [0.15, 0.2) is 22.9 Å². The molecule has 0 aliphatic carbocycles. The molecule has 1 fully saturated rings. The van der Waals surface area contributed by atoms with E-state index in [2.05, 4.69) is 0 Å². The van der Waals surface area contributed by atoms with E-state index in [1.165, 1.54) is 24.3 Å². The molecule has 4 rings (SSSR count). The Hall–Kier alpha value is -3.84. The summed E-state index contributed by atoms with van der Waals surface area (Å²) in [5.41, 5.74) is -0.831. The first kappa shape index (κ1) is 22.4. The van der Waals surface area contributed by atoms with E-state index in [1.54, 1.807) is 0 Å². The molecular weight excluding hydrogens is 444 g/mol. The number of aromatic hydroxyl groups is 3. The zero-order chi connectivity index (χ0) is 24.0. The number of aliphatic hydroxyl groups is 3. The van der Waals surface area contributed by atoms with Crippen LogP contribution in [0.3, 0.4) is 0 Å². The lowest BCUT2D eigenvalue weighted by Crippen LogP contribution is -2.61. The number of carboxylic acid groups (broad SMARTS) is 1. The van der Waals surface area contributed by atoms with E-state index in [0.717, 1.165) is 12.1 Å². The summed E-state index contributed by atoms with van der Waals surface area (Å²) in [6.45, 7) is 0. The highest BCUT2D eigenvalue weighted by Crippen LogP contribution is 2.41. The van der Waals surface area contributed by atoms with Gasteiger partial charge in [-0.1, -0.05) is 0 Å². The number of benzene rings is 2. The lowest BCUT2D eigenvalue weighted by molar-refractivity contribution is -0.271. The first-order chi connectivity index (χ1) is 15.6. The van der Waals surface area contributed by atoms with E-state index in [-0.39, 0.29) is 16.9 Å². The maximum Gasteiger partial charge on any atom is 0.335 e. The van der Waals surface area contributed by atoms with Crippen molar-refractivity contribution in [3.63, 3.8) is 0 Å². The Morgan fingerprint density at radius 1 is 0.939 bits per heavy atom. The van der Waals surface area contributed by atoms with E-state index in [9.17, 15) is 40.2 Å². The van der Waals surface area contributed by atoms with Crippen molar-refractivity contribution in [1.29, 1.82) is 0 Å². The SMILES string of the molecule is O=C(O)[C@H]1O[C@@H](Oc2cc(O)c3c(=O)cc(-c4ccc(O)cc4)oc3c2O)[C@H](O)[C@@H](O)[C@@H]1O. The maximum atomic E-state index is 12.6. The molecule has 33 heavy (non-hydrogen) atoms. The van der Waals surface area contributed by atoms with Crippen LogP contribution in [0.4, 0.5) is 0 Å². The molecule has 1 saturated heterocycles. The monoisotopic (exact) mass is 462 g/mol. The van der Waals surface area contributed by atoms with E-state index < -0.39 is 64.9 Å². The van der Waals surface area contributed by atoms with E-state index in [0.29, 0.717) is 5.56 Å². The third-order valence-electron chi connectivity index (χ3n) is 5.13. The topological polar surface area (TPSA) is 207 Å². The number of phenols is 3. The second-order valence-electron chi connectivity index (χ2n) is 7.32. The van der Waals surface area contributed by atoms with Crippen LogP contribution in [0.5, 0.6) is 23.0 Å². The molecule has 2 aromatic carbocycles. The fourth-order valence-corrected chi connectivity index (χ4v) is 3.41. The lowest BCUT2D eigenvalue weighted by Gasteiger charge is -2.38. The molecule has 1 aliphatic heterocycles. The Labute approximate surface area is 183 Å². The van der Waals surface area contributed by atoms with Crippen LogP contribution >= 0.6 is 0 Å². The number of phenolic OH excluding ortho intramolecular Hbond substituents is 3. The first-order valence-electron chi connectivity index (χ1n) is 9.49. The minimum atomic E-state index is -1.96. The number of fused-ring (bicyclic) bond motifs is 1. The van der Waals surface area contributed by atoms with Gasteiger partial charge in [0.1, 0.15) is 41.0 Å². The second-order valence-corrected chi connectivity index (χ2v) is 7.32. The second kappa shape index (κ2) is 8.26. The molecule has 1 aromatic heterocycles. The summed E-state index contributed by atoms with van der Waals surface area (Å²) < 4.78 is 15.8. The largest absolute Gasteiger partial charge is 0.508 e. The van der Waals surface area contributed by atoms with Crippen molar-refractivity contribution in [2.24, 2.45) is 0 Å². The highest BCUT2D eigenvalue weighted by atomic mass is 16.7. The molecular formula is C21H18O12. The minimum absolute atomic E-state index is 0.0159. The maximum absolute atomic E-state index is 12.6. The summed E-state index contributed by atoms with van der Waals surface area (Å²) in [4.78, 5) is 23.8. The van der Waals surface area contributed by atoms with Gasteiger partial charge in [-0.25, -0.2) is 4.79 Å². The van der Waals surface area contributed by atoms with Gasteiger partial charge < -0.3 is 49.6 Å². The summed E-state index contributed by atoms with van der Waals surface area (Å²) in [6, 6.07) is 7.46. The van der Waals surface area contributed by atoms with Crippen LogP contribution in [0.2, 0.25) is 0 Å². The molecule has 0 spiro atoms. The summed E-state index contributed by atoms with van der Waals surface area (Å²) in [7, 11) is 0. The normalized spacial score (nSPS) is 25.1. The Bertz CT molecular complexity index is 1260. The van der Waals surface area contributed by atoms with Gasteiger partial charge in [0.2, 0.25) is 12.0 Å². The van der Waals surface area contributed by atoms with Gasteiger partial charge in [-0.15, -0.1) is 0 Å². The first-order valence-corrected chi connectivity index (χ1v) is 9.49. The lowest BCUT2D eigenvalue weighted by atomic mass is 9.99. The zero-order valence-corrected chi connectivity index (χ0v) is 16.5. The van der Waals surface area contributed by atoms with Crippen LogP contribution in [0.25, 0.3) is 22.3 Å². The van der Waals surface area contributed by atoms with Crippen molar-refractivity contribution >= 4 is 16.9 Å². The Kier molecular flexibility index (Phi) is 5.59. The van der Waals surface area contributed by atoms with Crippen molar-refractivity contribution in [3.8, 4) is 34.3 Å². The molecule has 174 valence electrons. The third kappa shape index (κ3) is 3.91. The van der Waals surface area contributed by atoms with Crippen LogP contribution in [0.15, 0.2) is 45.6 Å². The van der Waals surface area contributed by atoms with Crippen LogP contribution in [0.1, 0.15) is 0 Å². The number of aliphatic carboxylic acids is 1. The van der Waals surface area contributed by atoms with Crippen LogP contribution in [-0.2, 0) is 9.53 Å². The van der Waals surface area contributed by atoms with Gasteiger partial charge in [0.25, 0.3) is 0 Å². The molecule has 0 unspecified atom stereocenters. The van der Waals surface area contributed by atoms with E-state index >= 15 is 0 Å². The van der Waals surface area contributed by atoms with Crippen LogP contribution in [-0.4, -0.2) is 72.4 Å². The summed E-state index contributed by atoms with van der Waals surface area (Å²) in [6.07, 6.45) is -9.67. The van der Waals surface area contributed by atoms with Crippen LogP contribution < -0.4 is 10.2 Å². The Morgan fingerprint density at radius 2 is 1.61 bits per heavy atom. The zero-order valence-electron chi connectivity index (χ0n) is 16.5. The summed E-state index contributed by atoms with van der Waals surface area (Å²) in [5, 5.41) is 68.9. The minimum Gasteiger partial charge on any atom is -0.508 e. The molecule has 5 atom stereocenters. The molecule has 1 aliphatic rings. The molecule has 0 bridgehead atoms. The Balaban J connectivity index is 1.77. The van der Waals surface area contributed by atoms with Crippen molar-refractivity contribution < 1.29 is 54.4 Å². The highest BCUT2D eigenvalue weighted by molar-refractivity contribution is 5.91. The van der Waals surface area contributed by atoms with Crippen molar-refractivity contribution in [1.82, 2.24) is 0 Å². The van der Waals surface area contributed by atoms with E-state index in [4.69, 9.17) is 19.0 Å². The van der Waals surface area contributed by atoms with Crippen molar-refractivity contribution in [2.45, 2.75) is 30.7 Å². The molecule has 0 radical (unpaired) electrons. The van der Waals surface area contributed by atoms with Gasteiger partial charge in [0, 0.05) is 17.7 Å². The molecule has 2 heterocycles. The average molecular weight is 462 g/mol. The van der Waals surface area contributed by atoms with Gasteiger partial charge in [-0.2, -0.15) is 0 Å². The fourth-order valence-electron chi connectivity index (χ4n) is 3.41. The average Bonchev–Trinajstić information content (AvgIpc) is 2.77. The number of aliphatic hydroxyl groups excluding tert-OH is 3. The molecule has 0 amide bonds. The molecule has 0 saturated carbocycles. The van der Waals surface area contributed by atoms with Gasteiger partial charge in [-0.05, 0) is 24.3 Å². The fraction of sp³-hybridized carbons (Fsp3) is 0.238. The number of rotatable bonds is 4. The quantitative estimate of drug-likeness (QED) is 0.253. The molecule has 7 N–H and O–H groups in total. The number of hydrogen-bond donors (Lipinski definition) is 7. The molecule has 3 aromatic rings. The molecule has 12 heteroatoms. The van der Waals surface area contributed by atoms with Crippen molar-refractivity contribution in [3.05, 3.63) is 46.6 Å². The van der Waals surface area contributed by atoms with Gasteiger partial charge >= 0.3 is 5.97 Å². The van der Waals surface area contributed by atoms with Crippen LogP contribution in [0, 0.1) is 0 Å². The van der Waals surface area contributed by atoms with Crippen molar-refractivity contribution in [2.75, 3.05) is 0 Å². The third-order valence-corrected chi connectivity index (χ3v) is 5.13. The van der Waals surface area contributed by atoms with Gasteiger partial charge in [-0.3, -0.25) is 4.79 Å². The predicted molar refractivity (Wildman–Crippen MR) is 108 cm³/mol. The summed E-state index contributed by atoms with van der Waals surface area (Å²) in [5.74, 6) is -3.71. The van der Waals surface area contributed by atoms with E-state index in [1.807, 2.05) is 0 Å². The Morgan fingerprint density at radius 3 is 2.24 bits per heavy atom. The highest BCUT2D eigenvalue weighted by Gasteiger charge is 2.48. The van der Waals surface area contributed by atoms with Gasteiger partial charge in [0.05, 0.1) is 0 Å². The molecule has 12 nitrogen and oxygen atoms in total. The predicted octanol–water partition coefficient (Wildman–Crippen LogP) is -0.152.